The van der Waals surface area contributed by atoms with Crippen LogP contribution in [-0.4, -0.2) is 35.6 Å². The molecule has 0 aliphatic heterocycles. The monoisotopic (exact) mass is 397 g/mol. The largest absolute Gasteiger partial charge is 0.266 e. The normalized spacial score (nSPS) is 11.8. The van der Waals surface area contributed by atoms with E-state index in [1.165, 1.54) is 0 Å². The first-order valence-electron chi connectivity index (χ1n) is 9.73. The van der Waals surface area contributed by atoms with Crippen molar-refractivity contribution in [3.8, 4) is 11.3 Å². The van der Waals surface area contributed by atoms with Crippen molar-refractivity contribution >= 4 is 10.0 Å². The molecule has 0 bridgehead atoms. The maximum Gasteiger partial charge on any atom is 0.246 e. The fraction of sp³-hybridized carbons (Fsp3) is 0.318. The summed E-state index contributed by atoms with van der Waals surface area (Å²) < 4.78 is 30.1. The van der Waals surface area contributed by atoms with Gasteiger partial charge in [-0.1, -0.05) is 80.9 Å². The number of unbranched alkanes of at least 4 members (excludes halogenated alkanes) is 1. The molecule has 0 saturated carbocycles. The lowest BCUT2D eigenvalue weighted by Gasteiger charge is -2.20. The van der Waals surface area contributed by atoms with Gasteiger partial charge in [-0.2, -0.15) is 9.40 Å². The van der Waals surface area contributed by atoms with Gasteiger partial charge in [0.1, 0.15) is 10.6 Å². The minimum absolute atomic E-state index is 0.271. The summed E-state index contributed by atoms with van der Waals surface area (Å²) in [6.07, 6.45) is 3.45. The molecule has 1 heterocycles. The lowest BCUT2D eigenvalue weighted by molar-refractivity contribution is 0.419. The standard InChI is InChI=1S/C22H27N3O2S/c1-3-5-16-25(4-2)28(26,27)21-18-24(17-19-12-8-6-9-13-19)23-22(21)20-14-10-7-11-15-20/h6-15,18H,3-5,16-17H2,1-2H3. The van der Waals surface area contributed by atoms with E-state index in [0.29, 0.717) is 25.3 Å². The molecule has 3 rings (SSSR count). The first-order valence-corrected chi connectivity index (χ1v) is 11.2. The van der Waals surface area contributed by atoms with Gasteiger partial charge in [0, 0.05) is 24.8 Å². The molecule has 0 N–H and O–H groups in total. The number of benzene rings is 2. The summed E-state index contributed by atoms with van der Waals surface area (Å²) in [5.41, 5.74) is 2.39. The lowest BCUT2D eigenvalue weighted by Crippen LogP contribution is -2.32. The van der Waals surface area contributed by atoms with Gasteiger partial charge in [0.25, 0.3) is 0 Å². The van der Waals surface area contributed by atoms with Crippen molar-refractivity contribution in [3.05, 3.63) is 72.4 Å². The molecule has 148 valence electrons. The number of sulfonamides is 1. The van der Waals surface area contributed by atoms with Crippen LogP contribution in [0.2, 0.25) is 0 Å². The summed E-state index contributed by atoms with van der Waals surface area (Å²) in [5, 5.41) is 4.65. The Labute approximate surface area is 167 Å². The van der Waals surface area contributed by atoms with Crippen molar-refractivity contribution in [1.29, 1.82) is 0 Å². The second-order valence-corrected chi connectivity index (χ2v) is 8.65. The van der Waals surface area contributed by atoms with E-state index < -0.39 is 10.0 Å². The highest BCUT2D eigenvalue weighted by atomic mass is 32.2. The molecule has 0 atom stereocenters. The third-order valence-electron chi connectivity index (χ3n) is 4.69. The fourth-order valence-corrected chi connectivity index (χ4v) is 4.81. The van der Waals surface area contributed by atoms with Crippen molar-refractivity contribution in [2.24, 2.45) is 0 Å². The van der Waals surface area contributed by atoms with E-state index >= 15 is 0 Å². The van der Waals surface area contributed by atoms with Crippen molar-refractivity contribution in [2.75, 3.05) is 13.1 Å². The molecule has 3 aromatic rings. The predicted octanol–water partition coefficient (Wildman–Crippen LogP) is 4.41. The molecule has 0 aliphatic carbocycles. The molecule has 0 saturated heterocycles. The molecule has 1 aromatic heterocycles. The van der Waals surface area contributed by atoms with Gasteiger partial charge >= 0.3 is 0 Å². The quantitative estimate of drug-likeness (QED) is 0.537. The van der Waals surface area contributed by atoms with Gasteiger partial charge in [-0.15, -0.1) is 0 Å². The predicted molar refractivity (Wildman–Crippen MR) is 113 cm³/mol. The smallest absolute Gasteiger partial charge is 0.246 e. The summed E-state index contributed by atoms with van der Waals surface area (Å²) in [6.45, 7) is 5.43. The SMILES string of the molecule is CCCCN(CC)S(=O)(=O)c1cn(Cc2ccccc2)nc1-c1ccccc1. The van der Waals surface area contributed by atoms with Gasteiger partial charge in [-0.05, 0) is 12.0 Å². The Hall–Kier alpha value is -2.44. The molecule has 0 unspecified atom stereocenters. The second-order valence-electron chi connectivity index (χ2n) is 6.74. The third-order valence-corrected chi connectivity index (χ3v) is 6.67. The van der Waals surface area contributed by atoms with Gasteiger partial charge in [-0.25, -0.2) is 8.42 Å². The minimum Gasteiger partial charge on any atom is -0.266 e. The molecule has 6 heteroatoms. The number of hydrogen-bond acceptors (Lipinski definition) is 3. The van der Waals surface area contributed by atoms with Crippen LogP contribution in [0.1, 0.15) is 32.3 Å². The van der Waals surface area contributed by atoms with E-state index in [1.807, 2.05) is 67.6 Å². The highest BCUT2D eigenvalue weighted by Gasteiger charge is 2.29. The maximum absolute atomic E-state index is 13.4. The average molecular weight is 398 g/mol. The van der Waals surface area contributed by atoms with Crippen LogP contribution >= 0.6 is 0 Å². The summed E-state index contributed by atoms with van der Waals surface area (Å²) >= 11 is 0. The Morgan fingerprint density at radius 1 is 0.964 bits per heavy atom. The molecule has 0 radical (unpaired) electrons. The Bertz CT molecular complexity index is 983. The Balaban J connectivity index is 2.05. The zero-order chi connectivity index (χ0) is 20.0. The minimum atomic E-state index is -3.62. The molecule has 2 aromatic carbocycles. The van der Waals surface area contributed by atoms with Crippen LogP contribution in [0.15, 0.2) is 71.8 Å². The van der Waals surface area contributed by atoms with Gasteiger partial charge < -0.3 is 0 Å². The molecule has 0 spiro atoms. The van der Waals surface area contributed by atoms with Crippen LogP contribution in [0.25, 0.3) is 11.3 Å². The Morgan fingerprint density at radius 2 is 1.61 bits per heavy atom. The zero-order valence-corrected chi connectivity index (χ0v) is 17.3. The van der Waals surface area contributed by atoms with E-state index in [2.05, 4.69) is 12.0 Å². The molecule has 28 heavy (non-hydrogen) atoms. The zero-order valence-electron chi connectivity index (χ0n) is 16.5. The van der Waals surface area contributed by atoms with E-state index in [0.717, 1.165) is 24.0 Å². The number of aromatic nitrogens is 2. The van der Waals surface area contributed by atoms with Crippen LogP contribution in [0.4, 0.5) is 0 Å². The number of rotatable bonds is 9. The average Bonchev–Trinajstić information content (AvgIpc) is 3.14. The van der Waals surface area contributed by atoms with Crippen LogP contribution < -0.4 is 0 Å². The van der Waals surface area contributed by atoms with Gasteiger partial charge in [0.05, 0.1) is 6.54 Å². The van der Waals surface area contributed by atoms with Crippen LogP contribution in [0, 0.1) is 0 Å². The molecule has 0 amide bonds. The third kappa shape index (κ3) is 4.51. The van der Waals surface area contributed by atoms with Gasteiger partial charge in [0.15, 0.2) is 0 Å². The fourth-order valence-electron chi connectivity index (χ4n) is 3.16. The summed E-state index contributed by atoms with van der Waals surface area (Å²) in [6, 6.07) is 19.4. The molecular weight excluding hydrogens is 370 g/mol. The van der Waals surface area contributed by atoms with Crippen molar-refractivity contribution in [2.45, 2.75) is 38.1 Å². The number of hydrogen-bond donors (Lipinski definition) is 0. The van der Waals surface area contributed by atoms with E-state index in [1.54, 1.807) is 15.2 Å². The molecule has 5 nitrogen and oxygen atoms in total. The summed E-state index contributed by atoms with van der Waals surface area (Å²) in [7, 11) is -3.62. The molecular formula is C22H27N3O2S. The van der Waals surface area contributed by atoms with Crippen LogP contribution in [-0.2, 0) is 16.6 Å². The highest BCUT2D eigenvalue weighted by Crippen LogP contribution is 2.28. The van der Waals surface area contributed by atoms with E-state index in [4.69, 9.17) is 0 Å². The van der Waals surface area contributed by atoms with Gasteiger partial charge in [-0.3, -0.25) is 4.68 Å². The molecule has 0 aliphatic rings. The van der Waals surface area contributed by atoms with Crippen LogP contribution in [0.5, 0.6) is 0 Å². The first kappa shape index (κ1) is 20.3. The highest BCUT2D eigenvalue weighted by molar-refractivity contribution is 7.89. The summed E-state index contributed by atoms with van der Waals surface area (Å²) in [4.78, 5) is 0.271. The molecule has 0 fully saturated rings. The Kier molecular flexibility index (Phi) is 6.65. The van der Waals surface area contributed by atoms with Crippen LogP contribution in [0.3, 0.4) is 0 Å². The van der Waals surface area contributed by atoms with Gasteiger partial charge in [0.2, 0.25) is 10.0 Å². The van der Waals surface area contributed by atoms with E-state index in [9.17, 15) is 8.42 Å². The topological polar surface area (TPSA) is 55.2 Å². The maximum atomic E-state index is 13.4. The number of nitrogens with zero attached hydrogens (tertiary/aromatic N) is 3. The summed E-state index contributed by atoms with van der Waals surface area (Å²) in [5.74, 6) is 0. The lowest BCUT2D eigenvalue weighted by atomic mass is 10.2. The Morgan fingerprint density at radius 3 is 2.21 bits per heavy atom. The second kappa shape index (κ2) is 9.17. The van der Waals surface area contributed by atoms with Crippen molar-refractivity contribution < 1.29 is 8.42 Å². The van der Waals surface area contributed by atoms with E-state index in [-0.39, 0.29) is 4.90 Å². The van der Waals surface area contributed by atoms with Crippen molar-refractivity contribution in [3.63, 3.8) is 0 Å². The first-order chi connectivity index (χ1) is 13.6. The van der Waals surface area contributed by atoms with Crippen molar-refractivity contribution in [1.82, 2.24) is 14.1 Å².